The Kier molecular flexibility index (Phi) is 6.33. The third kappa shape index (κ3) is 4.95. The van der Waals surface area contributed by atoms with E-state index in [0.29, 0.717) is 33.5 Å². The van der Waals surface area contributed by atoms with Gasteiger partial charge in [0.05, 0.1) is 29.6 Å². The maximum absolute atomic E-state index is 13.6. The first-order valence-electron chi connectivity index (χ1n) is 11.0. The minimum Gasteiger partial charge on any atom is -0.497 e. The van der Waals surface area contributed by atoms with Crippen molar-refractivity contribution in [1.29, 1.82) is 0 Å². The van der Waals surface area contributed by atoms with E-state index in [-0.39, 0.29) is 5.91 Å². The summed E-state index contributed by atoms with van der Waals surface area (Å²) in [5.41, 5.74) is 3.24. The maximum Gasteiger partial charge on any atom is 0.256 e. The number of hydrogen-bond acceptors (Lipinski definition) is 4. The van der Waals surface area contributed by atoms with Gasteiger partial charge in [-0.2, -0.15) is 0 Å². The van der Waals surface area contributed by atoms with Crippen LogP contribution in [0.15, 0.2) is 103 Å². The fourth-order valence-corrected chi connectivity index (χ4v) is 3.94. The standard InChI is InChI=1S/C29H21ClN2O3/c1-34-21-14-11-19(12-15-21)26-18-24(23-9-5-6-10-25(23)31-26)29(33)32-27-17-20(30)13-16-28(27)35-22-7-3-2-4-8-22/h2-18H,1H3,(H,32,33). The number of para-hydroxylation sites is 2. The normalized spacial score (nSPS) is 10.7. The summed E-state index contributed by atoms with van der Waals surface area (Å²) in [4.78, 5) is 18.3. The molecule has 4 aromatic carbocycles. The minimum atomic E-state index is -0.293. The molecule has 35 heavy (non-hydrogen) atoms. The molecule has 1 amide bonds. The average molecular weight is 481 g/mol. The van der Waals surface area contributed by atoms with Crippen molar-refractivity contribution in [2.45, 2.75) is 0 Å². The number of rotatable bonds is 6. The number of anilines is 1. The zero-order chi connectivity index (χ0) is 24.2. The molecule has 0 saturated carbocycles. The van der Waals surface area contributed by atoms with E-state index in [4.69, 9.17) is 26.1 Å². The largest absolute Gasteiger partial charge is 0.497 e. The second-order valence-corrected chi connectivity index (χ2v) is 8.25. The van der Waals surface area contributed by atoms with Crippen LogP contribution in [0.2, 0.25) is 5.02 Å². The Morgan fingerprint density at radius 2 is 1.57 bits per heavy atom. The fraction of sp³-hybridized carbons (Fsp3) is 0.0345. The number of carbonyl (C=O) groups excluding carboxylic acids is 1. The van der Waals surface area contributed by atoms with Gasteiger partial charge in [0.15, 0.2) is 5.75 Å². The van der Waals surface area contributed by atoms with Crippen LogP contribution in [0.4, 0.5) is 5.69 Å². The Hall–Kier alpha value is -4.35. The second-order valence-electron chi connectivity index (χ2n) is 7.81. The van der Waals surface area contributed by atoms with E-state index >= 15 is 0 Å². The average Bonchev–Trinajstić information content (AvgIpc) is 2.90. The maximum atomic E-state index is 13.6. The lowest BCUT2D eigenvalue weighted by molar-refractivity contribution is 0.102. The third-order valence-electron chi connectivity index (χ3n) is 5.51. The number of nitrogens with zero attached hydrogens (tertiary/aromatic N) is 1. The van der Waals surface area contributed by atoms with Crippen molar-refractivity contribution < 1.29 is 14.3 Å². The first-order chi connectivity index (χ1) is 17.1. The number of methoxy groups -OCH3 is 1. The molecular formula is C29H21ClN2O3. The van der Waals surface area contributed by atoms with Crippen LogP contribution in [0.5, 0.6) is 17.2 Å². The Balaban J connectivity index is 1.53. The van der Waals surface area contributed by atoms with Crippen LogP contribution >= 0.6 is 11.6 Å². The Morgan fingerprint density at radius 1 is 0.829 bits per heavy atom. The van der Waals surface area contributed by atoms with Gasteiger partial charge in [-0.1, -0.05) is 48.0 Å². The molecule has 5 rings (SSSR count). The Labute approximate surface area is 207 Å². The summed E-state index contributed by atoms with van der Waals surface area (Å²) in [7, 11) is 1.62. The quantitative estimate of drug-likeness (QED) is 0.271. The van der Waals surface area contributed by atoms with Gasteiger partial charge in [0.25, 0.3) is 5.91 Å². The van der Waals surface area contributed by atoms with Crippen molar-refractivity contribution in [3.63, 3.8) is 0 Å². The van der Waals surface area contributed by atoms with Crippen LogP contribution in [0.3, 0.4) is 0 Å². The van der Waals surface area contributed by atoms with Crippen molar-refractivity contribution >= 4 is 34.1 Å². The van der Waals surface area contributed by atoms with Gasteiger partial charge >= 0.3 is 0 Å². The van der Waals surface area contributed by atoms with Gasteiger partial charge < -0.3 is 14.8 Å². The first kappa shape index (κ1) is 22.4. The van der Waals surface area contributed by atoms with Crippen LogP contribution in [0.1, 0.15) is 10.4 Å². The van der Waals surface area contributed by atoms with Crippen molar-refractivity contribution in [3.8, 4) is 28.5 Å². The zero-order valence-corrected chi connectivity index (χ0v) is 19.6. The molecule has 0 atom stereocenters. The SMILES string of the molecule is COc1ccc(-c2cc(C(=O)Nc3cc(Cl)ccc3Oc3ccccc3)c3ccccc3n2)cc1. The van der Waals surface area contributed by atoms with Crippen molar-refractivity contribution in [3.05, 3.63) is 114 Å². The molecule has 0 saturated heterocycles. The highest BCUT2D eigenvalue weighted by molar-refractivity contribution is 6.31. The molecule has 1 N–H and O–H groups in total. The summed E-state index contributed by atoms with van der Waals surface area (Å²) in [6.45, 7) is 0. The number of benzene rings is 4. The molecule has 172 valence electrons. The van der Waals surface area contributed by atoms with Crippen molar-refractivity contribution in [2.75, 3.05) is 12.4 Å². The van der Waals surface area contributed by atoms with E-state index in [2.05, 4.69) is 5.32 Å². The third-order valence-corrected chi connectivity index (χ3v) is 5.74. The number of halogens is 1. The van der Waals surface area contributed by atoms with Crippen LogP contribution < -0.4 is 14.8 Å². The topological polar surface area (TPSA) is 60.5 Å². The molecule has 0 aliphatic heterocycles. The first-order valence-corrected chi connectivity index (χ1v) is 11.4. The number of hydrogen-bond donors (Lipinski definition) is 1. The Morgan fingerprint density at radius 3 is 2.34 bits per heavy atom. The molecule has 0 aliphatic rings. The molecule has 5 aromatic rings. The van der Waals surface area contributed by atoms with E-state index in [1.807, 2.05) is 78.9 Å². The lowest BCUT2D eigenvalue weighted by atomic mass is 10.0. The molecule has 0 aliphatic carbocycles. The molecule has 0 unspecified atom stereocenters. The zero-order valence-electron chi connectivity index (χ0n) is 18.9. The van der Waals surface area contributed by atoms with Crippen molar-refractivity contribution in [2.24, 2.45) is 0 Å². The van der Waals surface area contributed by atoms with Crippen LogP contribution in [0, 0.1) is 0 Å². The number of pyridine rings is 1. The highest BCUT2D eigenvalue weighted by Crippen LogP contribution is 2.33. The minimum absolute atomic E-state index is 0.293. The number of amides is 1. The van der Waals surface area contributed by atoms with Gasteiger partial charge in [0.1, 0.15) is 11.5 Å². The molecule has 1 heterocycles. The van der Waals surface area contributed by atoms with Gasteiger partial charge in [-0.15, -0.1) is 0 Å². The van der Waals surface area contributed by atoms with E-state index in [0.717, 1.165) is 22.2 Å². The van der Waals surface area contributed by atoms with E-state index in [1.165, 1.54) is 0 Å². The van der Waals surface area contributed by atoms with E-state index in [1.54, 1.807) is 31.4 Å². The number of fused-ring (bicyclic) bond motifs is 1. The molecule has 0 spiro atoms. The highest BCUT2D eigenvalue weighted by atomic mass is 35.5. The van der Waals surface area contributed by atoms with Crippen molar-refractivity contribution in [1.82, 2.24) is 4.98 Å². The predicted octanol–water partition coefficient (Wildman–Crippen LogP) is 7.61. The van der Waals surface area contributed by atoms with Gasteiger partial charge in [-0.25, -0.2) is 4.98 Å². The summed E-state index contributed by atoms with van der Waals surface area (Å²) in [6, 6.07) is 31.4. The fourth-order valence-electron chi connectivity index (χ4n) is 3.77. The number of carbonyl (C=O) groups is 1. The molecule has 0 bridgehead atoms. The molecule has 0 fully saturated rings. The molecule has 1 aromatic heterocycles. The molecule has 5 nitrogen and oxygen atoms in total. The monoisotopic (exact) mass is 480 g/mol. The smallest absolute Gasteiger partial charge is 0.256 e. The molecule has 0 radical (unpaired) electrons. The lowest BCUT2D eigenvalue weighted by Crippen LogP contribution is -2.14. The number of aromatic nitrogens is 1. The summed E-state index contributed by atoms with van der Waals surface area (Å²) in [5, 5.41) is 4.21. The Bertz CT molecular complexity index is 1500. The summed E-state index contributed by atoms with van der Waals surface area (Å²) >= 11 is 6.25. The number of nitrogens with one attached hydrogen (secondary N) is 1. The van der Waals surface area contributed by atoms with Crippen LogP contribution in [-0.2, 0) is 0 Å². The lowest BCUT2D eigenvalue weighted by Gasteiger charge is -2.14. The van der Waals surface area contributed by atoms with Crippen LogP contribution in [-0.4, -0.2) is 18.0 Å². The van der Waals surface area contributed by atoms with Gasteiger partial charge in [0.2, 0.25) is 0 Å². The number of ether oxygens (including phenoxy) is 2. The predicted molar refractivity (Wildman–Crippen MR) is 140 cm³/mol. The second kappa shape index (κ2) is 9.87. The van der Waals surface area contributed by atoms with Gasteiger partial charge in [-0.3, -0.25) is 4.79 Å². The summed E-state index contributed by atoms with van der Waals surface area (Å²) in [5.74, 6) is 1.60. The summed E-state index contributed by atoms with van der Waals surface area (Å²) in [6.07, 6.45) is 0. The van der Waals surface area contributed by atoms with Crippen LogP contribution in [0.25, 0.3) is 22.2 Å². The molecular weight excluding hydrogens is 460 g/mol. The van der Waals surface area contributed by atoms with E-state index < -0.39 is 0 Å². The highest BCUT2D eigenvalue weighted by Gasteiger charge is 2.17. The van der Waals surface area contributed by atoms with E-state index in [9.17, 15) is 4.79 Å². The summed E-state index contributed by atoms with van der Waals surface area (Å²) < 4.78 is 11.3. The van der Waals surface area contributed by atoms with Gasteiger partial charge in [0, 0.05) is 16.0 Å². The van der Waals surface area contributed by atoms with Gasteiger partial charge in [-0.05, 0) is 66.7 Å². The molecule has 6 heteroatoms.